The number of ether oxygens (including phenoxy) is 2. The van der Waals surface area contributed by atoms with Gasteiger partial charge in [0, 0.05) is 30.7 Å². The van der Waals surface area contributed by atoms with E-state index < -0.39 is 53.3 Å². The van der Waals surface area contributed by atoms with Gasteiger partial charge in [-0.15, -0.1) is 0 Å². The molecule has 1 aliphatic heterocycles. The van der Waals surface area contributed by atoms with Crippen molar-refractivity contribution in [2.24, 2.45) is 5.41 Å². The fourth-order valence-electron chi connectivity index (χ4n) is 2.37. The number of amides is 2. The van der Waals surface area contributed by atoms with Gasteiger partial charge >= 0.3 is 17.9 Å². The third kappa shape index (κ3) is 9.72. The van der Waals surface area contributed by atoms with Crippen LogP contribution in [0.5, 0.6) is 0 Å². The number of hydrogen-bond acceptors (Lipinski definition) is 9. The lowest BCUT2D eigenvalue weighted by molar-refractivity contribution is -0.169. The maximum Gasteiger partial charge on any atom is 0.315 e. The minimum absolute atomic E-state index is 0.000724. The molecule has 1 rings (SSSR count). The van der Waals surface area contributed by atoms with E-state index in [2.05, 4.69) is 10.6 Å². The molecule has 11 nitrogen and oxygen atoms in total. The van der Waals surface area contributed by atoms with Crippen molar-refractivity contribution in [3.63, 3.8) is 0 Å². The number of nitrogens with one attached hydrogen (secondary N) is 2. The van der Waals surface area contributed by atoms with Crippen LogP contribution in [-0.4, -0.2) is 71.5 Å². The molecule has 0 bridgehead atoms. The van der Waals surface area contributed by atoms with E-state index in [1.54, 1.807) is 0 Å². The fraction of sp³-hybridized carbons (Fsp3) is 0.667. The number of hydrogen-bond donors (Lipinski definition) is 3. The number of carbonyl (C=O) groups excluding carboxylic acids is 5. The van der Waals surface area contributed by atoms with Crippen LogP contribution in [0, 0.1) is 5.41 Å². The smallest absolute Gasteiger partial charge is 0.315 e. The molecule has 1 fully saturated rings. The molecule has 1 atom stereocenters. The Morgan fingerprint density at radius 1 is 1.17 bits per heavy atom. The zero-order chi connectivity index (χ0) is 22.7. The maximum atomic E-state index is 12.6. The monoisotopic (exact) mass is 446 g/mol. The van der Waals surface area contributed by atoms with Gasteiger partial charge in [0.15, 0.2) is 11.2 Å². The normalized spacial score (nSPS) is 19.7. The summed E-state index contributed by atoms with van der Waals surface area (Å²) >= 11 is 0.868. The minimum Gasteiger partial charge on any atom is -0.481 e. The van der Waals surface area contributed by atoms with E-state index in [1.165, 1.54) is 13.8 Å². The Hall–Kier alpha value is -2.63. The molecule has 0 unspecified atom stereocenters. The van der Waals surface area contributed by atoms with Gasteiger partial charge in [-0.05, 0) is 0 Å². The highest BCUT2D eigenvalue weighted by Gasteiger charge is 2.40. The number of esters is 2. The Kier molecular flexibility index (Phi) is 10.3. The molecule has 1 aliphatic rings. The molecule has 0 saturated carbocycles. The van der Waals surface area contributed by atoms with Crippen LogP contribution in [0.2, 0.25) is 0 Å². The molecule has 0 radical (unpaired) electrons. The number of carboxylic acids is 1. The molecule has 0 aliphatic carbocycles. The first-order chi connectivity index (χ1) is 14.0. The zero-order valence-corrected chi connectivity index (χ0v) is 17.7. The summed E-state index contributed by atoms with van der Waals surface area (Å²) in [5.74, 6) is -3.55. The van der Waals surface area contributed by atoms with Gasteiger partial charge in [0.25, 0.3) is 5.91 Å². The van der Waals surface area contributed by atoms with E-state index in [-0.39, 0.29) is 38.4 Å². The van der Waals surface area contributed by atoms with E-state index in [0.29, 0.717) is 5.75 Å². The summed E-state index contributed by atoms with van der Waals surface area (Å²) in [7, 11) is 0. The van der Waals surface area contributed by atoms with Crippen LogP contribution in [-0.2, 0) is 38.2 Å². The second kappa shape index (κ2) is 12.2. The van der Waals surface area contributed by atoms with Gasteiger partial charge in [0.2, 0.25) is 5.91 Å². The van der Waals surface area contributed by atoms with Gasteiger partial charge in [-0.2, -0.15) is 0 Å². The molecule has 2 amide bonds. The highest BCUT2D eigenvalue weighted by atomic mass is 32.2. The van der Waals surface area contributed by atoms with Crippen molar-refractivity contribution in [2.45, 2.75) is 45.6 Å². The van der Waals surface area contributed by atoms with Crippen LogP contribution in [0.1, 0.15) is 39.5 Å². The van der Waals surface area contributed by atoms with Crippen molar-refractivity contribution in [3.8, 4) is 0 Å². The Labute approximate surface area is 177 Å². The van der Waals surface area contributed by atoms with E-state index in [4.69, 9.17) is 14.6 Å². The number of carbonyl (C=O) groups is 6. The average Bonchev–Trinajstić information content (AvgIpc) is 2.65. The minimum atomic E-state index is -1.40. The van der Waals surface area contributed by atoms with Gasteiger partial charge in [-0.1, -0.05) is 25.6 Å². The van der Waals surface area contributed by atoms with Crippen LogP contribution in [0.4, 0.5) is 0 Å². The summed E-state index contributed by atoms with van der Waals surface area (Å²) in [6.45, 7) is 2.95. The maximum absolute atomic E-state index is 12.6. The van der Waals surface area contributed by atoms with Crippen molar-refractivity contribution in [3.05, 3.63) is 0 Å². The lowest BCUT2D eigenvalue weighted by atomic mass is 9.86. The summed E-state index contributed by atoms with van der Waals surface area (Å²) < 4.78 is 10.3. The summed E-state index contributed by atoms with van der Waals surface area (Å²) in [6, 6.07) is 0. The molecule has 30 heavy (non-hydrogen) atoms. The van der Waals surface area contributed by atoms with E-state index in [0.717, 1.165) is 11.8 Å². The standard InChI is InChI=1S/C18H26N2O9S/c1-18(2,10-28-13(24)4-3-12(22)23)16-17(27)20-6-5-11(21)19-7-8-30-15(26)9-14(25)29-16/h16H,3-10H2,1-2H3,(H,19,21)(H,20,27)(H,22,23)/t16-/m0/s1. The third-order valence-electron chi connectivity index (χ3n) is 3.97. The van der Waals surface area contributed by atoms with Crippen LogP contribution >= 0.6 is 11.8 Å². The molecule has 12 heteroatoms. The lowest BCUT2D eigenvalue weighted by Gasteiger charge is -2.32. The number of aliphatic carboxylic acids is 1. The first-order valence-corrected chi connectivity index (χ1v) is 10.3. The van der Waals surface area contributed by atoms with Crippen LogP contribution in [0.3, 0.4) is 0 Å². The van der Waals surface area contributed by atoms with Crippen LogP contribution in [0.15, 0.2) is 0 Å². The summed E-state index contributed by atoms with van der Waals surface area (Å²) in [5.41, 5.74) is -1.19. The fourth-order valence-corrected chi connectivity index (χ4v) is 3.02. The lowest BCUT2D eigenvalue weighted by Crippen LogP contribution is -2.49. The van der Waals surface area contributed by atoms with E-state index >= 15 is 0 Å². The van der Waals surface area contributed by atoms with E-state index in [1.807, 2.05) is 0 Å². The van der Waals surface area contributed by atoms with Crippen molar-refractivity contribution in [2.75, 3.05) is 25.4 Å². The number of thioether (sulfide) groups is 1. The van der Waals surface area contributed by atoms with E-state index in [9.17, 15) is 28.8 Å². The Morgan fingerprint density at radius 3 is 2.53 bits per heavy atom. The third-order valence-corrected chi connectivity index (χ3v) is 4.85. The molecule has 0 aromatic heterocycles. The van der Waals surface area contributed by atoms with Crippen molar-refractivity contribution < 1.29 is 43.3 Å². The number of carboxylic acid groups (broad SMARTS) is 1. The van der Waals surface area contributed by atoms with Gasteiger partial charge in [0.1, 0.15) is 13.0 Å². The average molecular weight is 446 g/mol. The molecule has 1 heterocycles. The highest BCUT2D eigenvalue weighted by Crippen LogP contribution is 2.25. The van der Waals surface area contributed by atoms with Crippen LogP contribution < -0.4 is 10.6 Å². The topological polar surface area (TPSA) is 165 Å². The summed E-state index contributed by atoms with van der Waals surface area (Å²) in [6.07, 6.45) is -2.71. The molecule has 0 aromatic carbocycles. The molecular weight excluding hydrogens is 420 g/mol. The van der Waals surface area contributed by atoms with Gasteiger partial charge < -0.3 is 25.2 Å². The van der Waals surface area contributed by atoms with Crippen molar-refractivity contribution >= 4 is 46.6 Å². The first kappa shape index (κ1) is 25.4. The van der Waals surface area contributed by atoms with Crippen molar-refractivity contribution in [1.82, 2.24) is 10.6 Å². The predicted octanol–water partition coefficient (Wildman–Crippen LogP) is -0.382. The Balaban J connectivity index is 2.86. The largest absolute Gasteiger partial charge is 0.481 e. The molecule has 1 saturated heterocycles. The SMILES string of the molecule is CC(C)(COC(=O)CCC(=O)O)[C@H]1OC(=O)CC(=O)SCCNC(=O)CCNC1=O. The molecule has 0 aromatic rings. The molecular formula is C18H26N2O9S. The predicted molar refractivity (Wildman–Crippen MR) is 104 cm³/mol. The van der Waals surface area contributed by atoms with Crippen molar-refractivity contribution in [1.29, 1.82) is 0 Å². The quantitative estimate of drug-likeness (QED) is 0.362. The first-order valence-electron chi connectivity index (χ1n) is 9.28. The Morgan fingerprint density at radius 2 is 1.87 bits per heavy atom. The Bertz CT molecular complexity index is 693. The number of rotatable bonds is 6. The molecule has 168 valence electrons. The summed E-state index contributed by atoms with van der Waals surface area (Å²) in [4.78, 5) is 70.6. The van der Waals surface area contributed by atoms with Gasteiger partial charge in [0.05, 0.1) is 12.8 Å². The van der Waals surface area contributed by atoms with Gasteiger partial charge in [-0.25, -0.2) is 0 Å². The molecule has 0 spiro atoms. The number of cyclic esters (lactones) is 1. The second-order valence-electron chi connectivity index (χ2n) is 7.20. The van der Waals surface area contributed by atoms with Crippen LogP contribution in [0.25, 0.3) is 0 Å². The summed E-state index contributed by atoms with van der Waals surface area (Å²) in [5, 5.41) is 13.2. The zero-order valence-electron chi connectivity index (χ0n) is 16.9. The highest BCUT2D eigenvalue weighted by molar-refractivity contribution is 8.13. The van der Waals surface area contributed by atoms with Gasteiger partial charge in [-0.3, -0.25) is 28.8 Å². The molecule has 3 N–H and O–H groups in total. The second-order valence-corrected chi connectivity index (χ2v) is 8.35.